The quantitative estimate of drug-likeness (QED) is 0.507. The number of aromatic nitrogens is 1. The Labute approximate surface area is 181 Å². The highest BCUT2D eigenvalue weighted by atomic mass is 32.2. The molecule has 2 fully saturated rings. The van der Waals surface area contributed by atoms with Crippen LogP contribution in [0.3, 0.4) is 0 Å². The van der Waals surface area contributed by atoms with E-state index in [0.717, 1.165) is 33.5 Å². The number of hydrogen-bond donors (Lipinski definition) is 2. The van der Waals surface area contributed by atoms with E-state index >= 15 is 0 Å². The number of H-pyrrole nitrogens is 1. The molecule has 1 saturated carbocycles. The molecular formula is C25H27N3OS. The zero-order valence-corrected chi connectivity index (χ0v) is 18.0. The number of amides is 1. The molecule has 1 aliphatic heterocycles. The average Bonchev–Trinajstić information content (AvgIpc) is 3.31. The number of anilines is 1. The highest BCUT2D eigenvalue weighted by Gasteiger charge is 2.42. The number of aromatic amines is 1. The molecule has 2 heterocycles. The van der Waals surface area contributed by atoms with Gasteiger partial charge in [-0.25, -0.2) is 0 Å². The first-order chi connectivity index (χ1) is 14.7. The lowest BCUT2D eigenvalue weighted by Gasteiger charge is -2.39. The smallest absolute Gasteiger partial charge is 0.262 e. The van der Waals surface area contributed by atoms with Gasteiger partial charge in [-0.15, -0.1) is 0 Å². The standard InChI is InChI=1S/C25H27N3OS/c1-17-9-5-8-14-22(17)28-24(29)23(30-25(28)27-19-10-3-2-4-11-19)15-18-16-26-21-13-7-6-12-20(18)21/h2-4,6-7,10-13,15-17,22,25-27H,5,8-9,14H2,1H3/b23-15-/t17-,22-,25?/m1/s1. The first-order valence-corrected chi connectivity index (χ1v) is 11.7. The van der Waals surface area contributed by atoms with Gasteiger partial charge in [-0.2, -0.15) is 0 Å². The number of rotatable bonds is 4. The summed E-state index contributed by atoms with van der Waals surface area (Å²) in [5.74, 6) is 0.674. The van der Waals surface area contributed by atoms with Crippen LogP contribution in [0.4, 0.5) is 5.69 Å². The third-order valence-corrected chi connectivity index (χ3v) is 7.45. The highest BCUT2D eigenvalue weighted by molar-refractivity contribution is 8.05. The van der Waals surface area contributed by atoms with E-state index in [2.05, 4.69) is 52.5 Å². The van der Waals surface area contributed by atoms with Gasteiger partial charge < -0.3 is 15.2 Å². The summed E-state index contributed by atoms with van der Waals surface area (Å²) in [7, 11) is 0. The molecule has 5 heteroatoms. The summed E-state index contributed by atoms with van der Waals surface area (Å²) in [5.41, 5.74) is 3.13. The monoisotopic (exact) mass is 417 g/mol. The van der Waals surface area contributed by atoms with Gasteiger partial charge in [0.25, 0.3) is 5.91 Å². The van der Waals surface area contributed by atoms with Crippen LogP contribution in [-0.4, -0.2) is 27.3 Å². The second kappa shape index (κ2) is 8.23. The summed E-state index contributed by atoms with van der Waals surface area (Å²) in [6, 6.07) is 18.7. The predicted molar refractivity (Wildman–Crippen MR) is 126 cm³/mol. The van der Waals surface area contributed by atoms with E-state index in [4.69, 9.17) is 0 Å². The van der Waals surface area contributed by atoms with E-state index in [1.165, 1.54) is 19.3 Å². The second-order valence-electron chi connectivity index (χ2n) is 8.32. The van der Waals surface area contributed by atoms with Crippen molar-refractivity contribution in [2.45, 2.75) is 44.1 Å². The third-order valence-electron chi connectivity index (χ3n) is 6.33. The van der Waals surface area contributed by atoms with Crippen molar-refractivity contribution in [3.8, 4) is 0 Å². The number of benzene rings is 2. The molecule has 5 rings (SSSR count). The Kier molecular flexibility index (Phi) is 5.30. The Morgan fingerprint density at radius 1 is 1.07 bits per heavy atom. The maximum Gasteiger partial charge on any atom is 0.262 e. The van der Waals surface area contributed by atoms with E-state index in [1.807, 2.05) is 36.5 Å². The van der Waals surface area contributed by atoms with Crippen LogP contribution >= 0.6 is 11.8 Å². The number of fused-ring (bicyclic) bond motifs is 1. The number of thioether (sulfide) groups is 1. The van der Waals surface area contributed by atoms with Crippen molar-refractivity contribution in [1.29, 1.82) is 0 Å². The summed E-state index contributed by atoms with van der Waals surface area (Å²) in [5, 5.41) is 4.75. The zero-order chi connectivity index (χ0) is 20.5. The van der Waals surface area contributed by atoms with Crippen LogP contribution < -0.4 is 5.32 Å². The fourth-order valence-corrected chi connectivity index (χ4v) is 5.92. The number of nitrogens with zero attached hydrogens (tertiary/aromatic N) is 1. The Morgan fingerprint density at radius 3 is 2.67 bits per heavy atom. The molecule has 1 aromatic heterocycles. The molecule has 1 amide bonds. The number of carbonyl (C=O) groups is 1. The van der Waals surface area contributed by atoms with E-state index in [0.29, 0.717) is 5.92 Å². The molecular weight excluding hydrogens is 390 g/mol. The Morgan fingerprint density at radius 2 is 1.83 bits per heavy atom. The van der Waals surface area contributed by atoms with E-state index < -0.39 is 0 Å². The largest absolute Gasteiger partial charge is 0.361 e. The molecule has 154 valence electrons. The molecule has 2 aliphatic rings. The molecule has 0 radical (unpaired) electrons. The number of carbonyl (C=O) groups excluding carboxylic acids is 1. The molecule has 3 atom stereocenters. The summed E-state index contributed by atoms with van der Waals surface area (Å²) in [6.45, 7) is 2.29. The lowest BCUT2D eigenvalue weighted by atomic mass is 9.85. The number of nitrogens with one attached hydrogen (secondary N) is 2. The van der Waals surface area contributed by atoms with Crippen molar-refractivity contribution < 1.29 is 4.79 Å². The minimum absolute atomic E-state index is 0.0816. The van der Waals surface area contributed by atoms with Crippen LogP contribution in [0.25, 0.3) is 17.0 Å². The van der Waals surface area contributed by atoms with Crippen molar-refractivity contribution in [3.05, 3.63) is 71.3 Å². The van der Waals surface area contributed by atoms with Gasteiger partial charge in [-0.1, -0.05) is 67.9 Å². The lowest BCUT2D eigenvalue weighted by molar-refractivity contribution is -0.129. The van der Waals surface area contributed by atoms with Crippen LogP contribution in [0.1, 0.15) is 38.2 Å². The maximum absolute atomic E-state index is 13.6. The van der Waals surface area contributed by atoms with E-state index in [9.17, 15) is 4.79 Å². The lowest BCUT2D eigenvalue weighted by Crippen LogP contribution is -2.48. The SMILES string of the molecule is C[C@@H]1CCCC[C@H]1N1C(=O)/C(=C/c2c[nH]c3ccccc23)SC1Nc1ccccc1. The summed E-state index contributed by atoms with van der Waals surface area (Å²) < 4.78 is 0. The fraction of sp³-hybridized carbons (Fsp3) is 0.320. The molecule has 2 N–H and O–H groups in total. The minimum Gasteiger partial charge on any atom is -0.361 e. The van der Waals surface area contributed by atoms with Gasteiger partial charge in [0.05, 0.1) is 4.91 Å². The Hall–Kier alpha value is -2.66. The van der Waals surface area contributed by atoms with Crippen molar-refractivity contribution in [3.63, 3.8) is 0 Å². The van der Waals surface area contributed by atoms with Crippen LogP contribution in [0.15, 0.2) is 65.7 Å². The molecule has 0 spiro atoms. The van der Waals surface area contributed by atoms with Crippen molar-refractivity contribution in [2.24, 2.45) is 5.92 Å². The maximum atomic E-state index is 13.6. The fourth-order valence-electron chi connectivity index (χ4n) is 4.72. The van der Waals surface area contributed by atoms with Gasteiger partial charge in [0.2, 0.25) is 0 Å². The molecule has 2 aromatic carbocycles. The minimum atomic E-state index is -0.0816. The Balaban J connectivity index is 1.49. The van der Waals surface area contributed by atoms with Gasteiger partial charge in [-0.3, -0.25) is 4.79 Å². The molecule has 1 unspecified atom stereocenters. The van der Waals surface area contributed by atoms with Gasteiger partial charge >= 0.3 is 0 Å². The van der Waals surface area contributed by atoms with Gasteiger partial charge in [0.1, 0.15) is 0 Å². The van der Waals surface area contributed by atoms with E-state index in [-0.39, 0.29) is 17.4 Å². The molecule has 4 nitrogen and oxygen atoms in total. The van der Waals surface area contributed by atoms with Gasteiger partial charge in [0, 0.05) is 34.4 Å². The van der Waals surface area contributed by atoms with Gasteiger partial charge in [0.15, 0.2) is 5.50 Å². The highest BCUT2D eigenvalue weighted by Crippen LogP contribution is 2.42. The van der Waals surface area contributed by atoms with Crippen LogP contribution in [0.2, 0.25) is 0 Å². The van der Waals surface area contributed by atoms with E-state index in [1.54, 1.807) is 11.8 Å². The second-order valence-corrected chi connectivity index (χ2v) is 9.44. The normalized spacial score (nSPS) is 25.9. The first kappa shape index (κ1) is 19.3. The predicted octanol–water partition coefficient (Wildman–Crippen LogP) is 6.06. The van der Waals surface area contributed by atoms with Crippen LogP contribution in [0.5, 0.6) is 0 Å². The molecule has 3 aromatic rings. The summed E-state index contributed by atoms with van der Waals surface area (Å²) >= 11 is 1.64. The third kappa shape index (κ3) is 3.63. The zero-order valence-electron chi connectivity index (χ0n) is 17.2. The van der Waals surface area contributed by atoms with Crippen molar-refractivity contribution in [2.75, 3.05) is 5.32 Å². The molecule has 1 aliphatic carbocycles. The van der Waals surface area contributed by atoms with Crippen LogP contribution in [-0.2, 0) is 4.79 Å². The molecule has 1 saturated heterocycles. The average molecular weight is 418 g/mol. The first-order valence-electron chi connectivity index (χ1n) is 10.8. The summed E-state index contributed by atoms with van der Waals surface area (Å²) in [4.78, 5) is 19.8. The Bertz CT molecular complexity index is 1070. The topological polar surface area (TPSA) is 48.1 Å². The van der Waals surface area contributed by atoms with Crippen molar-refractivity contribution >= 4 is 40.3 Å². The number of hydrogen-bond acceptors (Lipinski definition) is 3. The molecule has 0 bridgehead atoms. The number of para-hydroxylation sites is 2. The molecule has 30 heavy (non-hydrogen) atoms. The van der Waals surface area contributed by atoms with Crippen LogP contribution in [0, 0.1) is 5.92 Å². The van der Waals surface area contributed by atoms with Crippen molar-refractivity contribution in [1.82, 2.24) is 9.88 Å². The summed E-state index contributed by atoms with van der Waals surface area (Å²) in [6.07, 6.45) is 8.79. The van der Waals surface area contributed by atoms with Gasteiger partial charge in [-0.05, 0) is 43.0 Å².